The van der Waals surface area contributed by atoms with Crippen LogP contribution >= 0.6 is 0 Å². The number of hydrogen-bond donors (Lipinski definition) is 1. The van der Waals surface area contributed by atoms with Gasteiger partial charge >= 0.3 is 0 Å². The number of aromatic nitrogens is 2. The van der Waals surface area contributed by atoms with Crippen LogP contribution < -0.4 is 0 Å². The molecule has 0 unspecified atom stereocenters. The van der Waals surface area contributed by atoms with E-state index in [4.69, 9.17) is 0 Å². The number of aromatic amines is 1. The number of pyridine rings is 1. The van der Waals surface area contributed by atoms with E-state index in [1.807, 2.05) is 43.3 Å². The van der Waals surface area contributed by atoms with E-state index in [2.05, 4.69) is 16.0 Å². The first-order valence-corrected chi connectivity index (χ1v) is 8.47. The monoisotopic (exact) mass is 347 g/mol. The highest BCUT2D eigenvalue weighted by atomic mass is 16.2. The van der Waals surface area contributed by atoms with E-state index in [-0.39, 0.29) is 11.7 Å². The van der Waals surface area contributed by atoms with Crippen molar-refractivity contribution in [3.05, 3.63) is 89.0 Å². The second kappa shape index (κ2) is 7.78. The lowest BCUT2D eigenvalue weighted by molar-refractivity contribution is 0.0722. The Morgan fingerprint density at radius 3 is 2.58 bits per heavy atom. The molecule has 0 fully saturated rings. The normalized spacial score (nSPS) is 10.5. The molecule has 3 rings (SSSR count). The van der Waals surface area contributed by atoms with Gasteiger partial charge in [0, 0.05) is 24.5 Å². The third-order valence-corrected chi connectivity index (χ3v) is 4.14. The highest BCUT2D eigenvalue weighted by Crippen LogP contribution is 2.15. The van der Waals surface area contributed by atoms with Crippen molar-refractivity contribution >= 4 is 11.7 Å². The summed E-state index contributed by atoms with van der Waals surface area (Å²) < 4.78 is 0. The molecule has 0 bridgehead atoms. The Labute approximate surface area is 152 Å². The summed E-state index contributed by atoms with van der Waals surface area (Å²) in [6.07, 6.45) is 3.29. The van der Waals surface area contributed by atoms with Gasteiger partial charge < -0.3 is 9.88 Å². The molecule has 0 aliphatic carbocycles. The van der Waals surface area contributed by atoms with Crippen LogP contribution in [0.25, 0.3) is 0 Å². The average molecular weight is 347 g/mol. The maximum absolute atomic E-state index is 13.0. The number of hydrogen-bond acceptors (Lipinski definition) is 3. The highest BCUT2D eigenvalue weighted by Gasteiger charge is 2.19. The number of carbonyl (C=O) groups is 2. The van der Waals surface area contributed by atoms with Crippen LogP contribution in [0.3, 0.4) is 0 Å². The molecule has 2 aromatic heterocycles. The molecule has 0 atom stereocenters. The number of aryl methyl sites for hydroxylation is 1. The fourth-order valence-corrected chi connectivity index (χ4v) is 2.81. The van der Waals surface area contributed by atoms with Gasteiger partial charge in [0.25, 0.3) is 5.91 Å². The standard InChI is InChI=1S/C21H21N3O2/c1-15-6-5-7-17(10-15)13-24(14-19-8-3-4-9-22-19)21(26)20-11-18(12-23-20)16(2)25/h3-12,23H,13-14H2,1-2H3. The van der Waals surface area contributed by atoms with Gasteiger partial charge in [0.2, 0.25) is 0 Å². The van der Waals surface area contributed by atoms with Gasteiger partial charge in [0.05, 0.1) is 12.2 Å². The predicted octanol–water partition coefficient (Wildman–Crippen LogP) is 3.76. The van der Waals surface area contributed by atoms with E-state index in [1.165, 1.54) is 6.92 Å². The molecule has 2 heterocycles. The SMILES string of the molecule is CC(=O)c1c[nH]c(C(=O)N(Cc2cccc(C)c2)Cc2ccccn2)c1. The Balaban J connectivity index is 1.88. The molecule has 0 aliphatic rings. The number of nitrogens with zero attached hydrogens (tertiary/aromatic N) is 2. The lowest BCUT2D eigenvalue weighted by Crippen LogP contribution is -2.30. The lowest BCUT2D eigenvalue weighted by Gasteiger charge is -2.22. The van der Waals surface area contributed by atoms with Gasteiger partial charge in [-0.15, -0.1) is 0 Å². The fraction of sp³-hybridized carbons (Fsp3) is 0.190. The Morgan fingerprint density at radius 2 is 1.92 bits per heavy atom. The minimum absolute atomic E-state index is 0.0738. The second-order valence-corrected chi connectivity index (χ2v) is 6.33. The number of Topliss-reactive ketones (excluding diaryl/α,β-unsaturated/α-hetero) is 1. The smallest absolute Gasteiger partial charge is 0.270 e. The Morgan fingerprint density at radius 1 is 1.08 bits per heavy atom. The van der Waals surface area contributed by atoms with Crippen molar-refractivity contribution in [2.24, 2.45) is 0 Å². The Hall–Kier alpha value is -3.21. The van der Waals surface area contributed by atoms with Gasteiger partial charge in [-0.3, -0.25) is 14.6 Å². The van der Waals surface area contributed by atoms with Crippen LogP contribution in [0.15, 0.2) is 60.9 Å². The van der Waals surface area contributed by atoms with E-state index in [0.29, 0.717) is 24.3 Å². The molecule has 5 heteroatoms. The van der Waals surface area contributed by atoms with Crippen LogP contribution in [-0.4, -0.2) is 26.6 Å². The predicted molar refractivity (Wildman–Crippen MR) is 99.8 cm³/mol. The van der Waals surface area contributed by atoms with E-state index < -0.39 is 0 Å². The van der Waals surface area contributed by atoms with Crippen molar-refractivity contribution in [2.45, 2.75) is 26.9 Å². The molecule has 5 nitrogen and oxygen atoms in total. The first-order chi connectivity index (χ1) is 12.5. The van der Waals surface area contributed by atoms with Crippen LogP contribution in [0.2, 0.25) is 0 Å². The second-order valence-electron chi connectivity index (χ2n) is 6.33. The number of ketones is 1. The molecule has 1 aromatic carbocycles. The van der Waals surface area contributed by atoms with Crippen molar-refractivity contribution in [3.63, 3.8) is 0 Å². The van der Waals surface area contributed by atoms with Crippen molar-refractivity contribution in [3.8, 4) is 0 Å². The van der Waals surface area contributed by atoms with E-state index in [0.717, 1.165) is 16.8 Å². The maximum atomic E-state index is 13.0. The summed E-state index contributed by atoms with van der Waals surface area (Å²) in [5.74, 6) is -0.236. The maximum Gasteiger partial charge on any atom is 0.270 e. The molecule has 26 heavy (non-hydrogen) atoms. The summed E-state index contributed by atoms with van der Waals surface area (Å²) in [5, 5.41) is 0. The summed E-state index contributed by atoms with van der Waals surface area (Å²) in [6.45, 7) is 4.36. The zero-order valence-corrected chi connectivity index (χ0v) is 14.9. The number of amides is 1. The number of carbonyl (C=O) groups excluding carboxylic acids is 2. The van der Waals surface area contributed by atoms with Crippen molar-refractivity contribution in [1.29, 1.82) is 0 Å². The van der Waals surface area contributed by atoms with Crippen molar-refractivity contribution in [1.82, 2.24) is 14.9 Å². The molecular weight excluding hydrogens is 326 g/mol. The van der Waals surface area contributed by atoms with E-state index in [1.54, 1.807) is 23.4 Å². The van der Waals surface area contributed by atoms with Crippen LogP contribution in [-0.2, 0) is 13.1 Å². The topological polar surface area (TPSA) is 66.1 Å². The Kier molecular flexibility index (Phi) is 5.27. The third kappa shape index (κ3) is 4.25. The quantitative estimate of drug-likeness (QED) is 0.690. The van der Waals surface area contributed by atoms with Crippen LogP contribution in [0, 0.1) is 6.92 Å². The van der Waals surface area contributed by atoms with Crippen molar-refractivity contribution < 1.29 is 9.59 Å². The zero-order valence-electron chi connectivity index (χ0n) is 14.9. The molecule has 3 aromatic rings. The Bertz CT molecular complexity index is 916. The summed E-state index contributed by atoms with van der Waals surface area (Å²) in [7, 11) is 0. The van der Waals surface area contributed by atoms with Crippen molar-refractivity contribution in [2.75, 3.05) is 0 Å². The number of rotatable bonds is 6. The molecule has 0 spiro atoms. The molecule has 0 aliphatic heterocycles. The van der Waals surface area contributed by atoms with Gasteiger partial charge in [-0.2, -0.15) is 0 Å². The van der Waals surface area contributed by atoms with Gasteiger partial charge in [0.1, 0.15) is 5.69 Å². The lowest BCUT2D eigenvalue weighted by atomic mass is 10.1. The fourth-order valence-electron chi connectivity index (χ4n) is 2.81. The van der Waals surface area contributed by atoms with E-state index in [9.17, 15) is 9.59 Å². The summed E-state index contributed by atoms with van der Waals surface area (Å²) in [6, 6.07) is 15.3. The molecule has 0 saturated heterocycles. The minimum atomic E-state index is -0.162. The van der Waals surface area contributed by atoms with E-state index >= 15 is 0 Å². The molecule has 1 amide bonds. The first kappa shape index (κ1) is 17.6. The van der Waals surface area contributed by atoms with Crippen LogP contribution in [0.5, 0.6) is 0 Å². The third-order valence-electron chi connectivity index (χ3n) is 4.14. The zero-order chi connectivity index (χ0) is 18.5. The molecule has 0 saturated carbocycles. The largest absolute Gasteiger partial charge is 0.356 e. The number of benzene rings is 1. The molecule has 1 N–H and O–H groups in total. The van der Waals surface area contributed by atoms with Gasteiger partial charge in [-0.05, 0) is 37.6 Å². The minimum Gasteiger partial charge on any atom is -0.356 e. The van der Waals surface area contributed by atoms with Gasteiger partial charge in [-0.25, -0.2) is 0 Å². The molecule has 0 radical (unpaired) electrons. The summed E-state index contributed by atoms with van der Waals surface area (Å²) in [5.41, 5.74) is 3.91. The summed E-state index contributed by atoms with van der Waals surface area (Å²) >= 11 is 0. The number of nitrogens with one attached hydrogen (secondary N) is 1. The highest BCUT2D eigenvalue weighted by molar-refractivity contribution is 5.99. The summed E-state index contributed by atoms with van der Waals surface area (Å²) in [4.78, 5) is 33.5. The van der Waals surface area contributed by atoms with Crippen LogP contribution in [0.1, 0.15) is 44.6 Å². The molecule has 132 valence electrons. The average Bonchev–Trinajstić information content (AvgIpc) is 3.12. The van der Waals surface area contributed by atoms with Crippen LogP contribution in [0.4, 0.5) is 0 Å². The number of H-pyrrole nitrogens is 1. The molecular formula is C21H21N3O2. The van der Waals surface area contributed by atoms with Gasteiger partial charge in [0.15, 0.2) is 5.78 Å². The first-order valence-electron chi connectivity index (χ1n) is 8.47. The van der Waals surface area contributed by atoms with Gasteiger partial charge in [-0.1, -0.05) is 35.9 Å².